The molecule has 21 heavy (non-hydrogen) atoms. The SMILES string of the molecule is CCC1(C)CN(c2cc(C(F)(F)F)ccc2Br)CCCN1. The molecule has 1 saturated heterocycles. The van der Waals surface area contributed by atoms with Crippen LogP contribution in [0.15, 0.2) is 22.7 Å². The van der Waals surface area contributed by atoms with Gasteiger partial charge in [-0.1, -0.05) is 6.92 Å². The minimum absolute atomic E-state index is 0.0792. The first-order valence-electron chi connectivity index (χ1n) is 7.12. The van der Waals surface area contributed by atoms with Crippen LogP contribution >= 0.6 is 15.9 Å². The summed E-state index contributed by atoms with van der Waals surface area (Å²) < 4.78 is 39.5. The zero-order chi connectivity index (χ0) is 15.7. The van der Waals surface area contributed by atoms with Crippen LogP contribution in [0.3, 0.4) is 0 Å². The van der Waals surface area contributed by atoms with Gasteiger partial charge >= 0.3 is 6.18 Å². The molecule has 0 saturated carbocycles. The van der Waals surface area contributed by atoms with Crippen molar-refractivity contribution in [3.63, 3.8) is 0 Å². The van der Waals surface area contributed by atoms with Gasteiger partial charge in [0.15, 0.2) is 0 Å². The summed E-state index contributed by atoms with van der Waals surface area (Å²) >= 11 is 3.39. The minimum Gasteiger partial charge on any atom is -0.369 e. The number of nitrogens with zero attached hydrogens (tertiary/aromatic N) is 1. The van der Waals surface area contributed by atoms with E-state index in [4.69, 9.17) is 0 Å². The topological polar surface area (TPSA) is 15.3 Å². The average Bonchev–Trinajstić information content (AvgIpc) is 2.61. The molecule has 2 nitrogen and oxygen atoms in total. The first-order valence-corrected chi connectivity index (χ1v) is 7.91. The van der Waals surface area contributed by atoms with Crippen LogP contribution < -0.4 is 10.2 Å². The van der Waals surface area contributed by atoms with Gasteiger partial charge in [-0.15, -0.1) is 0 Å². The standard InChI is InChI=1S/C15H20BrF3N2/c1-3-14(2)10-21(8-4-7-20-14)13-9-11(15(17,18)19)5-6-12(13)16/h5-6,9,20H,3-4,7-8,10H2,1-2H3. The molecule has 0 spiro atoms. The molecular formula is C15H20BrF3N2. The summed E-state index contributed by atoms with van der Waals surface area (Å²) in [5.41, 5.74) is -0.0613. The summed E-state index contributed by atoms with van der Waals surface area (Å²) in [5.74, 6) is 0. The van der Waals surface area contributed by atoms with Crippen LogP contribution in [0.5, 0.6) is 0 Å². The molecule has 1 aliphatic rings. The zero-order valence-corrected chi connectivity index (χ0v) is 13.8. The van der Waals surface area contributed by atoms with Gasteiger partial charge in [-0.3, -0.25) is 0 Å². The highest BCUT2D eigenvalue weighted by Crippen LogP contribution is 2.36. The second-order valence-corrected chi connectivity index (χ2v) is 6.63. The lowest BCUT2D eigenvalue weighted by molar-refractivity contribution is -0.137. The largest absolute Gasteiger partial charge is 0.416 e. The second-order valence-electron chi connectivity index (χ2n) is 5.78. The lowest BCUT2D eigenvalue weighted by atomic mass is 9.98. The number of benzene rings is 1. The Balaban J connectivity index is 2.35. The highest BCUT2D eigenvalue weighted by Gasteiger charge is 2.33. The summed E-state index contributed by atoms with van der Waals surface area (Å²) in [6.07, 6.45) is -2.47. The first-order chi connectivity index (χ1) is 9.75. The Morgan fingerprint density at radius 1 is 1.38 bits per heavy atom. The number of halogens is 4. The Bertz CT molecular complexity index is 504. The number of nitrogens with one attached hydrogen (secondary N) is 1. The molecule has 2 rings (SSSR count). The van der Waals surface area contributed by atoms with E-state index in [9.17, 15) is 13.2 Å². The summed E-state index contributed by atoms with van der Waals surface area (Å²) in [4.78, 5) is 2.04. The van der Waals surface area contributed by atoms with Crippen LogP contribution in [0.4, 0.5) is 18.9 Å². The van der Waals surface area contributed by atoms with Crippen molar-refractivity contribution in [3.05, 3.63) is 28.2 Å². The predicted octanol–water partition coefficient (Wildman–Crippen LogP) is 4.44. The highest BCUT2D eigenvalue weighted by atomic mass is 79.9. The van der Waals surface area contributed by atoms with Crippen LogP contribution in [0.2, 0.25) is 0 Å². The van der Waals surface area contributed by atoms with Gasteiger partial charge in [-0.05, 0) is 60.4 Å². The van der Waals surface area contributed by atoms with Crippen molar-refractivity contribution in [2.45, 2.75) is 38.4 Å². The van der Waals surface area contributed by atoms with Crippen molar-refractivity contribution < 1.29 is 13.2 Å². The Morgan fingerprint density at radius 2 is 2.10 bits per heavy atom. The predicted molar refractivity (Wildman–Crippen MR) is 82.7 cm³/mol. The van der Waals surface area contributed by atoms with Crippen molar-refractivity contribution in [2.24, 2.45) is 0 Å². The maximum Gasteiger partial charge on any atom is 0.416 e. The molecule has 1 atom stereocenters. The molecule has 6 heteroatoms. The van der Waals surface area contributed by atoms with Gasteiger partial charge in [0.1, 0.15) is 0 Å². The maximum atomic E-state index is 12.9. The van der Waals surface area contributed by atoms with Gasteiger partial charge in [0.2, 0.25) is 0 Å². The third kappa shape index (κ3) is 3.92. The van der Waals surface area contributed by atoms with E-state index in [0.29, 0.717) is 16.7 Å². The molecule has 1 fully saturated rings. The van der Waals surface area contributed by atoms with E-state index in [1.54, 1.807) is 0 Å². The summed E-state index contributed by atoms with van der Waals surface area (Å²) in [5, 5.41) is 3.49. The fraction of sp³-hybridized carbons (Fsp3) is 0.600. The lowest BCUT2D eigenvalue weighted by Crippen LogP contribution is -2.48. The molecule has 1 heterocycles. The fourth-order valence-corrected chi connectivity index (χ4v) is 3.09. The number of alkyl halides is 3. The third-order valence-electron chi connectivity index (χ3n) is 4.09. The third-order valence-corrected chi connectivity index (χ3v) is 4.76. The quantitative estimate of drug-likeness (QED) is 0.834. The van der Waals surface area contributed by atoms with Gasteiger partial charge in [-0.25, -0.2) is 0 Å². The molecular weight excluding hydrogens is 345 g/mol. The summed E-state index contributed by atoms with van der Waals surface area (Å²) in [6.45, 7) is 6.55. The Hall–Kier alpha value is -0.750. The van der Waals surface area contributed by atoms with Gasteiger partial charge in [0.25, 0.3) is 0 Å². The van der Waals surface area contributed by atoms with E-state index in [0.717, 1.165) is 32.0 Å². The van der Waals surface area contributed by atoms with Crippen LogP contribution in [-0.2, 0) is 6.18 Å². The molecule has 1 aliphatic heterocycles. The van der Waals surface area contributed by atoms with Crippen molar-refractivity contribution >= 4 is 21.6 Å². The van der Waals surface area contributed by atoms with Crippen molar-refractivity contribution in [3.8, 4) is 0 Å². The molecule has 0 aliphatic carbocycles. The molecule has 118 valence electrons. The Morgan fingerprint density at radius 3 is 2.71 bits per heavy atom. The van der Waals surface area contributed by atoms with E-state index < -0.39 is 11.7 Å². The van der Waals surface area contributed by atoms with Crippen molar-refractivity contribution in [2.75, 3.05) is 24.5 Å². The molecule has 0 radical (unpaired) electrons. The number of rotatable bonds is 2. The van der Waals surface area contributed by atoms with E-state index in [1.807, 2.05) is 4.90 Å². The van der Waals surface area contributed by atoms with E-state index in [2.05, 4.69) is 35.1 Å². The molecule has 1 aromatic carbocycles. The lowest BCUT2D eigenvalue weighted by Gasteiger charge is -2.34. The van der Waals surface area contributed by atoms with Crippen LogP contribution in [-0.4, -0.2) is 25.2 Å². The minimum atomic E-state index is -4.31. The first kappa shape index (κ1) is 16.6. The van der Waals surface area contributed by atoms with Crippen LogP contribution in [0.25, 0.3) is 0 Å². The monoisotopic (exact) mass is 364 g/mol. The van der Waals surface area contributed by atoms with E-state index in [1.165, 1.54) is 12.1 Å². The fourth-order valence-electron chi connectivity index (χ4n) is 2.59. The maximum absolute atomic E-state index is 12.9. The second kappa shape index (κ2) is 6.16. The van der Waals surface area contributed by atoms with Gasteiger partial charge in [0.05, 0.1) is 11.3 Å². The van der Waals surface area contributed by atoms with Gasteiger partial charge in [-0.2, -0.15) is 13.2 Å². The number of hydrogen-bond acceptors (Lipinski definition) is 2. The summed E-state index contributed by atoms with van der Waals surface area (Å²) in [6, 6.07) is 3.84. The smallest absolute Gasteiger partial charge is 0.369 e. The normalized spacial score (nSPS) is 24.0. The van der Waals surface area contributed by atoms with E-state index >= 15 is 0 Å². The van der Waals surface area contributed by atoms with Gasteiger partial charge < -0.3 is 10.2 Å². The Kier molecular flexibility index (Phi) is 4.88. The van der Waals surface area contributed by atoms with E-state index in [-0.39, 0.29) is 5.54 Å². The Labute approximate surface area is 131 Å². The molecule has 0 aromatic heterocycles. The zero-order valence-electron chi connectivity index (χ0n) is 12.2. The summed E-state index contributed by atoms with van der Waals surface area (Å²) in [7, 11) is 0. The van der Waals surface area contributed by atoms with Crippen molar-refractivity contribution in [1.29, 1.82) is 0 Å². The average molecular weight is 365 g/mol. The highest BCUT2D eigenvalue weighted by molar-refractivity contribution is 9.10. The van der Waals surface area contributed by atoms with Crippen LogP contribution in [0.1, 0.15) is 32.3 Å². The van der Waals surface area contributed by atoms with Gasteiger partial charge in [0, 0.05) is 23.1 Å². The molecule has 1 N–H and O–H groups in total. The van der Waals surface area contributed by atoms with Crippen LogP contribution in [0, 0.1) is 0 Å². The number of anilines is 1. The molecule has 0 bridgehead atoms. The molecule has 1 unspecified atom stereocenters. The molecule has 0 amide bonds. The number of hydrogen-bond donors (Lipinski definition) is 1. The molecule has 1 aromatic rings. The van der Waals surface area contributed by atoms with Crippen molar-refractivity contribution in [1.82, 2.24) is 5.32 Å².